The first-order chi connectivity index (χ1) is 7.65. The van der Waals surface area contributed by atoms with E-state index in [9.17, 15) is 9.59 Å². The minimum Gasteiger partial charge on any atom is -0.335 e. The molecule has 0 aromatic rings. The third kappa shape index (κ3) is 3.81. The van der Waals surface area contributed by atoms with Crippen LogP contribution in [0, 0.1) is 0 Å². The first-order valence-electron chi connectivity index (χ1n) is 5.87. The summed E-state index contributed by atoms with van der Waals surface area (Å²) in [7, 11) is 1.67. The van der Waals surface area contributed by atoms with E-state index < -0.39 is 0 Å². The van der Waals surface area contributed by atoms with Crippen molar-refractivity contribution in [1.82, 2.24) is 15.1 Å². The SMILES string of the molecule is CCCNCCCN1CC(=O)N(C)CC1=O. The van der Waals surface area contributed by atoms with Crippen molar-refractivity contribution in [1.29, 1.82) is 0 Å². The normalized spacial score (nSPS) is 17.1. The zero-order valence-electron chi connectivity index (χ0n) is 10.2. The summed E-state index contributed by atoms with van der Waals surface area (Å²) in [6, 6.07) is 0. The van der Waals surface area contributed by atoms with Gasteiger partial charge < -0.3 is 15.1 Å². The summed E-state index contributed by atoms with van der Waals surface area (Å²) >= 11 is 0. The number of likely N-dealkylation sites (N-methyl/N-ethyl adjacent to an activating group) is 1. The molecule has 1 aliphatic heterocycles. The monoisotopic (exact) mass is 227 g/mol. The lowest BCUT2D eigenvalue weighted by Crippen LogP contribution is -2.52. The van der Waals surface area contributed by atoms with E-state index >= 15 is 0 Å². The number of carbonyl (C=O) groups excluding carboxylic acids is 2. The molecule has 0 atom stereocenters. The van der Waals surface area contributed by atoms with Gasteiger partial charge in [0.15, 0.2) is 0 Å². The Kier molecular flexibility index (Phi) is 5.25. The first kappa shape index (κ1) is 13.0. The van der Waals surface area contributed by atoms with Crippen LogP contribution >= 0.6 is 0 Å². The van der Waals surface area contributed by atoms with Crippen molar-refractivity contribution in [2.24, 2.45) is 0 Å². The molecular weight excluding hydrogens is 206 g/mol. The van der Waals surface area contributed by atoms with E-state index in [2.05, 4.69) is 12.2 Å². The molecule has 0 bridgehead atoms. The predicted molar refractivity (Wildman–Crippen MR) is 62.0 cm³/mol. The van der Waals surface area contributed by atoms with Crippen LogP contribution in [0.5, 0.6) is 0 Å². The van der Waals surface area contributed by atoms with Gasteiger partial charge in [-0.25, -0.2) is 0 Å². The molecule has 0 aromatic carbocycles. The largest absolute Gasteiger partial charge is 0.335 e. The number of amides is 2. The summed E-state index contributed by atoms with van der Waals surface area (Å²) in [6.45, 7) is 5.17. The summed E-state index contributed by atoms with van der Waals surface area (Å²) < 4.78 is 0. The van der Waals surface area contributed by atoms with Crippen molar-refractivity contribution in [3.05, 3.63) is 0 Å². The molecule has 5 heteroatoms. The van der Waals surface area contributed by atoms with E-state index in [1.807, 2.05) is 0 Å². The van der Waals surface area contributed by atoms with E-state index in [0.29, 0.717) is 6.54 Å². The first-order valence-corrected chi connectivity index (χ1v) is 5.87. The van der Waals surface area contributed by atoms with Gasteiger partial charge in [0.05, 0.1) is 13.1 Å². The molecule has 1 saturated heterocycles. The average molecular weight is 227 g/mol. The van der Waals surface area contributed by atoms with Crippen LogP contribution in [-0.4, -0.2) is 61.4 Å². The Morgan fingerprint density at radius 1 is 1.19 bits per heavy atom. The van der Waals surface area contributed by atoms with Crippen molar-refractivity contribution >= 4 is 11.8 Å². The predicted octanol–water partition coefficient (Wildman–Crippen LogP) is -0.323. The number of nitrogens with zero attached hydrogens (tertiary/aromatic N) is 2. The Labute approximate surface area is 96.8 Å². The summed E-state index contributed by atoms with van der Waals surface area (Å²) in [5.74, 6) is 0.0821. The van der Waals surface area contributed by atoms with Crippen molar-refractivity contribution in [2.45, 2.75) is 19.8 Å². The Balaban J connectivity index is 2.21. The minimum atomic E-state index is 0.0288. The van der Waals surface area contributed by atoms with Gasteiger partial charge >= 0.3 is 0 Å². The van der Waals surface area contributed by atoms with Gasteiger partial charge in [-0.2, -0.15) is 0 Å². The fourth-order valence-electron chi connectivity index (χ4n) is 1.66. The van der Waals surface area contributed by atoms with E-state index in [1.54, 1.807) is 11.9 Å². The van der Waals surface area contributed by atoms with Gasteiger partial charge in [-0.15, -0.1) is 0 Å². The third-order valence-corrected chi connectivity index (χ3v) is 2.69. The van der Waals surface area contributed by atoms with Crippen LogP contribution in [-0.2, 0) is 9.59 Å². The van der Waals surface area contributed by atoms with Gasteiger partial charge in [0, 0.05) is 13.6 Å². The van der Waals surface area contributed by atoms with Crippen LogP contribution in [0.3, 0.4) is 0 Å². The number of nitrogens with one attached hydrogen (secondary N) is 1. The Bertz CT molecular complexity index is 256. The Morgan fingerprint density at radius 3 is 2.62 bits per heavy atom. The summed E-state index contributed by atoms with van der Waals surface area (Å²) in [5.41, 5.74) is 0. The quantitative estimate of drug-likeness (QED) is 0.633. The molecule has 0 aromatic heterocycles. The van der Waals surface area contributed by atoms with Gasteiger partial charge in [0.1, 0.15) is 0 Å². The van der Waals surface area contributed by atoms with Crippen LogP contribution in [0.15, 0.2) is 0 Å². The topological polar surface area (TPSA) is 52.7 Å². The highest BCUT2D eigenvalue weighted by atomic mass is 16.2. The maximum atomic E-state index is 11.6. The number of hydrogen-bond donors (Lipinski definition) is 1. The Morgan fingerprint density at radius 2 is 1.94 bits per heavy atom. The molecule has 16 heavy (non-hydrogen) atoms. The minimum absolute atomic E-state index is 0.0288. The van der Waals surface area contributed by atoms with Crippen molar-refractivity contribution < 1.29 is 9.59 Å². The molecule has 2 amide bonds. The summed E-state index contributed by atoms with van der Waals surface area (Å²) in [6.07, 6.45) is 2.02. The molecule has 92 valence electrons. The average Bonchev–Trinajstić information content (AvgIpc) is 2.25. The highest BCUT2D eigenvalue weighted by Gasteiger charge is 2.26. The lowest BCUT2D eigenvalue weighted by Gasteiger charge is -2.31. The van der Waals surface area contributed by atoms with Crippen LogP contribution in [0.4, 0.5) is 0 Å². The molecule has 1 fully saturated rings. The zero-order valence-corrected chi connectivity index (χ0v) is 10.2. The van der Waals surface area contributed by atoms with Crippen molar-refractivity contribution in [3.63, 3.8) is 0 Å². The molecule has 0 aliphatic carbocycles. The molecule has 1 N–H and O–H groups in total. The molecule has 5 nitrogen and oxygen atoms in total. The third-order valence-electron chi connectivity index (χ3n) is 2.69. The molecule has 0 radical (unpaired) electrons. The molecule has 1 aliphatic rings. The van der Waals surface area contributed by atoms with Crippen LogP contribution in [0.25, 0.3) is 0 Å². The lowest BCUT2D eigenvalue weighted by molar-refractivity contribution is -0.148. The van der Waals surface area contributed by atoms with E-state index in [4.69, 9.17) is 0 Å². The lowest BCUT2D eigenvalue weighted by atomic mass is 10.3. The fourth-order valence-corrected chi connectivity index (χ4v) is 1.66. The number of rotatable bonds is 6. The van der Waals surface area contributed by atoms with E-state index in [0.717, 1.165) is 25.9 Å². The highest BCUT2D eigenvalue weighted by Crippen LogP contribution is 2.03. The second kappa shape index (κ2) is 6.48. The van der Waals surface area contributed by atoms with Crippen LogP contribution in [0.1, 0.15) is 19.8 Å². The van der Waals surface area contributed by atoms with Gasteiger partial charge in [0.25, 0.3) is 0 Å². The molecule has 1 heterocycles. The van der Waals surface area contributed by atoms with Gasteiger partial charge in [-0.3, -0.25) is 9.59 Å². The van der Waals surface area contributed by atoms with Gasteiger partial charge in [-0.1, -0.05) is 6.92 Å². The molecule has 1 rings (SSSR count). The van der Waals surface area contributed by atoms with E-state index in [-0.39, 0.29) is 24.9 Å². The van der Waals surface area contributed by atoms with E-state index in [1.165, 1.54) is 4.90 Å². The molecule has 0 unspecified atom stereocenters. The summed E-state index contributed by atoms with van der Waals surface area (Å²) in [4.78, 5) is 26.1. The molecular formula is C11H21N3O2. The Hall–Kier alpha value is -1.10. The van der Waals surface area contributed by atoms with Crippen LogP contribution in [0.2, 0.25) is 0 Å². The van der Waals surface area contributed by atoms with Crippen molar-refractivity contribution in [2.75, 3.05) is 39.8 Å². The highest BCUT2D eigenvalue weighted by molar-refractivity contribution is 5.92. The maximum Gasteiger partial charge on any atom is 0.242 e. The van der Waals surface area contributed by atoms with Gasteiger partial charge in [-0.05, 0) is 25.9 Å². The standard InChI is InChI=1S/C11H21N3O2/c1-3-5-12-6-4-7-14-9-10(15)13(2)8-11(14)16/h12H,3-9H2,1-2H3. The number of hydrogen-bond acceptors (Lipinski definition) is 3. The summed E-state index contributed by atoms with van der Waals surface area (Å²) in [5, 5.41) is 3.28. The fraction of sp³-hybridized carbons (Fsp3) is 0.818. The number of piperazine rings is 1. The smallest absolute Gasteiger partial charge is 0.242 e. The van der Waals surface area contributed by atoms with Crippen molar-refractivity contribution in [3.8, 4) is 0 Å². The molecule has 0 saturated carbocycles. The maximum absolute atomic E-state index is 11.6. The second-order valence-electron chi connectivity index (χ2n) is 4.17. The zero-order chi connectivity index (χ0) is 12.0. The van der Waals surface area contributed by atoms with Crippen LogP contribution < -0.4 is 5.32 Å². The van der Waals surface area contributed by atoms with Gasteiger partial charge in [0.2, 0.25) is 11.8 Å². The second-order valence-corrected chi connectivity index (χ2v) is 4.17. The number of carbonyl (C=O) groups is 2. The molecule has 0 spiro atoms.